The molecule has 0 amide bonds. The molecule has 0 atom stereocenters. The van der Waals surface area contributed by atoms with Gasteiger partial charge in [-0.15, -0.1) is 0 Å². The van der Waals surface area contributed by atoms with Gasteiger partial charge in [0, 0.05) is 68.2 Å². The second kappa shape index (κ2) is 13.0. The second-order valence-corrected chi connectivity index (χ2v) is 14.1. The third kappa shape index (κ3) is 5.21. The van der Waals surface area contributed by atoms with Crippen molar-refractivity contribution in [3.05, 3.63) is 201 Å². The molecule has 0 radical (unpaired) electrons. The first kappa shape index (κ1) is 31.9. The SMILES string of the molecule is c1ccc(-n2c3ccccc3c3cccc(-c4ccc5c6cccnc6n(-c6ccc(-c7cc(-c8ccccn8)cc(-c8ccccn8)c7)cc6)c5c4)c32)cc1. The summed E-state index contributed by atoms with van der Waals surface area (Å²) >= 11 is 0. The molecule has 5 nitrogen and oxygen atoms in total. The highest BCUT2D eigenvalue weighted by molar-refractivity contribution is 6.15. The third-order valence-corrected chi connectivity index (χ3v) is 10.9. The minimum absolute atomic E-state index is 0.926. The lowest BCUT2D eigenvalue weighted by molar-refractivity contribution is 1.14. The zero-order valence-corrected chi connectivity index (χ0v) is 30.3. The van der Waals surface area contributed by atoms with Crippen molar-refractivity contribution in [3.63, 3.8) is 0 Å². The Morgan fingerprint density at radius 3 is 1.68 bits per heavy atom. The van der Waals surface area contributed by atoms with Crippen LogP contribution >= 0.6 is 0 Å². The van der Waals surface area contributed by atoms with E-state index in [1.54, 1.807) is 0 Å². The van der Waals surface area contributed by atoms with Gasteiger partial charge in [-0.1, -0.05) is 91.0 Å². The monoisotopic (exact) mass is 715 g/mol. The number of benzene rings is 6. The van der Waals surface area contributed by atoms with Crippen LogP contribution < -0.4 is 0 Å². The van der Waals surface area contributed by atoms with E-state index in [4.69, 9.17) is 4.98 Å². The summed E-state index contributed by atoms with van der Waals surface area (Å²) < 4.78 is 4.70. The van der Waals surface area contributed by atoms with E-state index in [0.717, 1.165) is 67.1 Å². The van der Waals surface area contributed by atoms with Crippen LogP contribution in [0.1, 0.15) is 0 Å². The summed E-state index contributed by atoms with van der Waals surface area (Å²) in [4.78, 5) is 14.3. The standard InChI is InChI=1S/C51H33N5/c1-2-12-39(13-3-1)55-48-20-5-4-14-42(48)44-16-10-15-41(50(44)55)35-23-26-43-45-17-11-29-54-51(45)56(49(43)33-35)40-24-21-34(22-25-40)36-30-37(46-18-6-8-27-52-46)32-38(31-36)47-19-7-9-28-53-47/h1-33H. The fraction of sp³-hybridized carbons (Fsp3) is 0. The molecule has 0 bridgehead atoms. The number of rotatable bonds is 6. The van der Waals surface area contributed by atoms with Crippen LogP contribution in [0.25, 0.3) is 99.9 Å². The molecule has 0 N–H and O–H groups in total. The van der Waals surface area contributed by atoms with Gasteiger partial charge < -0.3 is 4.57 Å². The number of nitrogens with zero attached hydrogens (tertiary/aromatic N) is 5. The Balaban J connectivity index is 1.08. The van der Waals surface area contributed by atoms with E-state index >= 15 is 0 Å². The Labute approximate surface area is 323 Å². The van der Waals surface area contributed by atoms with Gasteiger partial charge in [-0.2, -0.15) is 0 Å². The quantitative estimate of drug-likeness (QED) is 0.172. The van der Waals surface area contributed by atoms with Crippen LogP contribution in [0.15, 0.2) is 201 Å². The molecular weight excluding hydrogens is 683 g/mol. The lowest BCUT2D eigenvalue weighted by Crippen LogP contribution is -1.97. The topological polar surface area (TPSA) is 48.5 Å². The average molecular weight is 716 g/mol. The van der Waals surface area contributed by atoms with Crippen LogP contribution in [-0.4, -0.2) is 24.1 Å². The summed E-state index contributed by atoms with van der Waals surface area (Å²) in [5.41, 5.74) is 15.1. The molecule has 5 aromatic heterocycles. The van der Waals surface area contributed by atoms with E-state index in [9.17, 15) is 0 Å². The van der Waals surface area contributed by atoms with Crippen molar-refractivity contribution in [2.24, 2.45) is 0 Å². The molecule has 0 aliphatic carbocycles. The number of hydrogen-bond acceptors (Lipinski definition) is 3. The Bertz CT molecular complexity index is 3160. The van der Waals surface area contributed by atoms with Crippen LogP contribution in [0, 0.1) is 0 Å². The first-order chi connectivity index (χ1) is 27.8. The maximum atomic E-state index is 4.95. The molecule has 0 unspecified atom stereocenters. The van der Waals surface area contributed by atoms with Crippen molar-refractivity contribution in [1.29, 1.82) is 0 Å². The van der Waals surface area contributed by atoms with Crippen molar-refractivity contribution >= 4 is 43.7 Å². The molecule has 5 heterocycles. The van der Waals surface area contributed by atoms with E-state index in [1.807, 2.05) is 48.9 Å². The van der Waals surface area contributed by atoms with Gasteiger partial charge in [-0.05, 0) is 108 Å². The first-order valence-corrected chi connectivity index (χ1v) is 18.8. The molecule has 0 saturated heterocycles. The van der Waals surface area contributed by atoms with E-state index in [0.29, 0.717) is 0 Å². The maximum Gasteiger partial charge on any atom is 0.145 e. The predicted octanol–water partition coefficient (Wildman–Crippen LogP) is 12.7. The summed E-state index contributed by atoms with van der Waals surface area (Å²) in [5.74, 6) is 0. The molecule has 0 saturated carbocycles. The van der Waals surface area contributed by atoms with E-state index < -0.39 is 0 Å². The lowest BCUT2D eigenvalue weighted by Gasteiger charge is -2.13. The Hall–Kier alpha value is -7.63. The van der Waals surface area contributed by atoms with E-state index in [2.05, 4.69) is 171 Å². The summed E-state index contributed by atoms with van der Waals surface area (Å²) in [5, 5.41) is 4.76. The summed E-state index contributed by atoms with van der Waals surface area (Å²) in [7, 11) is 0. The zero-order valence-electron chi connectivity index (χ0n) is 30.3. The van der Waals surface area contributed by atoms with Crippen molar-refractivity contribution < 1.29 is 0 Å². The normalized spacial score (nSPS) is 11.6. The van der Waals surface area contributed by atoms with Crippen LogP contribution in [0.3, 0.4) is 0 Å². The maximum absolute atomic E-state index is 4.95. The second-order valence-electron chi connectivity index (χ2n) is 14.1. The number of fused-ring (bicyclic) bond motifs is 6. The number of aromatic nitrogens is 5. The van der Waals surface area contributed by atoms with Crippen LogP contribution in [0.4, 0.5) is 0 Å². The molecule has 0 aliphatic heterocycles. The molecule has 5 heteroatoms. The smallest absolute Gasteiger partial charge is 0.145 e. The van der Waals surface area contributed by atoms with Gasteiger partial charge in [0.15, 0.2) is 0 Å². The van der Waals surface area contributed by atoms with Crippen LogP contribution in [0.2, 0.25) is 0 Å². The molecule has 262 valence electrons. The number of para-hydroxylation sites is 3. The number of pyridine rings is 3. The highest BCUT2D eigenvalue weighted by atomic mass is 15.0. The first-order valence-electron chi connectivity index (χ1n) is 18.8. The minimum atomic E-state index is 0.926. The van der Waals surface area contributed by atoms with Crippen molar-refractivity contribution in [3.8, 4) is 56.1 Å². The van der Waals surface area contributed by atoms with Crippen molar-refractivity contribution in [2.75, 3.05) is 0 Å². The van der Waals surface area contributed by atoms with Gasteiger partial charge >= 0.3 is 0 Å². The third-order valence-electron chi connectivity index (χ3n) is 10.9. The Morgan fingerprint density at radius 1 is 0.321 bits per heavy atom. The highest BCUT2D eigenvalue weighted by Gasteiger charge is 2.19. The van der Waals surface area contributed by atoms with Gasteiger partial charge in [-0.3, -0.25) is 14.5 Å². The molecule has 0 spiro atoms. The molecule has 56 heavy (non-hydrogen) atoms. The van der Waals surface area contributed by atoms with Gasteiger partial charge in [0.25, 0.3) is 0 Å². The van der Waals surface area contributed by atoms with Crippen molar-refractivity contribution in [2.45, 2.75) is 0 Å². The minimum Gasteiger partial charge on any atom is -0.309 e. The molecule has 11 rings (SSSR count). The average Bonchev–Trinajstić information content (AvgIpc) is 3.80. The number of hydrogen-bond donors (Lipinski definition) is 0. The fourth-order valence-corrected chi connectivity index (χ4v) is 8.33. The molecule has 11 aromatic rings. The van der Waals surface area contributed by atoms with Gasteiger partial charge in [0.2, 0.25) is 0 Å². The molecule has 0 aliphatic rings. The fourth-order valence-electron chi connectivity index (χ4n) is 8.33. The predicted molar refractivity (Wildman–Crippen MR) is 230 cm³/mol. The summed E-state index contributed by atoms with van der Waals surface area (Å²) in [6.07, 6.45) is 5.56. The van der Waals surface area contributed by atoms with Crippen LogP contribution in [0.5, 0.6) is 0 Å². The van der Waals surface area contributed by atoms with Crippen molar-refractivity contribution in [1.82, 2.24) is 24.1 Å². The largest absolute Gasteiger partial charge is 0.309 e. The summed E-state index contributed by atoms with van der Waals surface area (Å²) in [6.45, 7) is 0. The van der Waals surface area contributed by atoms with E-state index in [-0.39, 0.29) is 0 Å². The Morgan fingerprint density at radius 2 is 0.929 bits per heavy atom. The lowest BCUT2D eigenvalue weighted by atomic mass is 9.96. The van der Waals surface area contributed by atoms with Gasteiger partial charge in [0.05, 0.1) is 27.9 Å². The van der Waals surface area contributed by atoms with Crippen LogP contribution in [-0.2, 0) is 0 Å². The van der Waals surface area contributed by atoms with Gasteiger partial charge in [0.1, 0.15) is 5.65 Å². The Kier molecular flexibility index (Phi) is 7.42. The van der Waals surface area contributed by atoms with Gasteiger partial charge in [-0.25, -0.2) is 4.98 Å². The molecular formula is C51H33N5. The van der Waals surface area contributed by atoms with E-state index in [1.165, 1.54) is 32.8 Å². The molecule has 6 aromatic carbocycles. The highest BCUT2D eigenvalue weighted by Crippen LogP contribution is 2.41. The summed E-state index contributed by atoms with van der Waals surface area (Å²) in [6, 6.07) is 64.6. The molecule has 0 fully saturated rings. The zero-order chi connectivity index (χ0) is 37.0.